The van der Waals surface area contributed by atoms with Crippen LogP contribution >= 0.6 is 0 Å². The Hall–Kier alpha value is -2.72. The molecule has 0 amide bonds. The van der Waals surface area contributed by atoms with Gasteiger partial charge in [-0.2, -0.15) is 4.31 Å². The van der Waals surface area contributed by atoms with Crippen LogP contribution in [0.25, 0.3) is 0 Å². The average molecular weight is 396 g/mol. The van der Waals surface area contributed by atoms with Crippen LogP contribution in [-0.4, -0.2) is 49.6 Å². The first kappa shape index (κ1) is 20.6. The summed E-state index contributed by atoms with van der Waals surface area (Å²) >= 11 is 0. The van der Waals surface area contributed by atoms with Crippen molar-refractivity contribution in [2.75, 3.05) is 13.7 Å². The number of hydrogen-bond acceptors (Lipinski definition) is 7. The number of ether oxygens (including phenoxy) is 2. The number of nitrogens with zero attached hydrogens (tertiary/aromatic N) is 2. The Kier molecular flexibility index (Phi) is 6.70. The first-order chi connectivity index (χ1) is 12.8. The Morgan fingerprint density at radius 2 is 2.11 bits per heavy atom. The molecule has 0 aromatic heterocycles. The van der Waals surface area contributed by atoms with Crippen LogP contribution in [0.1, 0.15) is 12.8 Å². The fourth-order valence-corrected chi connectivity index (χ4v) is 4.52. The molecule has 0 radical (unpaired) electrons. The number of rotatable bonds is 8. The highest BCUT2D eigenvalue weighted by Gasteiger charge is 2.37. The molecule has 2 rings (SSSR count). The number of nitro groups is 1. The molecule has 1 aromatic rings. The summed E-state index contributed by atoms with van der Waals surface area (Å²) in [4.78, 5) is 21.4. The third-order valence-corrected chi connectivity index (χ3v) is 5.98. The second-order valence-electron chi connectivity index (χ2n) is 5.72. The van der Waals surface area contributed by atoms with Crippen LogP contribution in [0.4, 0.5) is 10.5 Å². The van der Waals surface area contributed by atoms with Crippen molar-refractivity contribution >= 4 is 21.9 Å². The Labute approximate surface area is 157 Å². The summed E-state index contributed by atoms with van der Waals surface area (Å²) in [5.74, 6) is 0. The summed E-state index contributed by atoms with van der Waals surface area (Å²) in [6.07, 6.45) is 3.75. The molecule has 0 saturated heterocycles. The number of para-hydroxylation sites is 1. The number of hydrogen-bond donors (Lipinski definition) is 0. The molecule has 10 heteroatoms. The molecule has 0 fully saturated rings. The molecule has 0 unspecified atom stereocenters. The van der Waals surface area contributed by atoms with Crippen molar-refractivity contribution < 1.29 is 27.6 Å². The van der Waals surface area contributed by atoms with Gasteiger partial charge in [-0.25, -0.2) is 13.2 Å². The molecule has 27 heavy (non-hydrogen) atoms. The lowest BCUT2D eigenvalue weighted by Crippen LogP contribution is -2.40. The summed E-state index contributed by atoms with van der Waals surface area (Å²) in [6, 6.07) is 4.56. The summed E-state index contributed by atoms with van der Waals surface area (Å²) in [5, 5.41) is 11.3. The molecule has 0 N–H and O–H groups in total. The molecule has 9 nitrogen and oxygen atoms in total. The molecule has 146 valence electrons. The zero-order valence-corrected chi connectivity index (χ0v) is 15.5. The van der Waals surface area contributed by atoms with Crippen molar-refractivity contribution in [1.29, 1.82) is 0 Å². The molecule has 0 bridgehead atoms. The zero-order valence-electron chi connectivity index (χ0n) is 14.7. The highest BCUT2D eigenvalue weighted by Crippen LogP contribution is 2.31. The van der Waals surface area contributed by atoms with Gasteiger partial charge in [0.15, 0.2) is 4.90 Å². The van der Waals surface area contributed by atoms with E-state index in [-0.39, 0.29) is 17.9 Å². The summed E-state index contributed by atoms with van der Waals surface area (Å²) < 4.78 is 36.9. The Morgan fingerprint density at radius 1 is 1.41 bits per heavy atom. The van der Waals surface area contributed by atoms with E-state index in [9.17, 15) is 23.3 Å². The molecular formula is C17H20N2O7S. The second kappa shape index (κ2) is 8.78. The highest BCUT2D eigenvalue weighted by molar-refractivity contribution is 7.89. The predicted octanol–water partition coefficient (Wildman–Crippen LogP) is 2.64. The minimum Gasteiger partial charge on any atom is -0.438 e. The Morgan fingerprint density at radius 3 is 2.74 bits per heavy atom. The third-order valence-electron chi connectivity index (χ3n) is 4.01. The van der Waals surface area contributed by atoms with Gasteiger partial charge in [-0.3, -0.25) is 10.1 Å². The van der Waals surface area contributed by atoms with E-state index in [2.05, 4.69) is 11.3 Å². The molecular weight excluding hydrogens is 376 g/mol. The first-order valence-corrected chi connectivity index (χ1v) is 9.54. The van der Waals surface area contributed by atoms with Crippen LogP contribution in [0.5, 0.6) is 0 Å². The maximum Gasteiger partial charge on any atom is 0.508 e. The average Bonchev–Trinajstić information content (AvgIpc) is 3.09. The number of sulfonamides is 1. The minimum absolute atomic E-state index is 0.0812. The quantitative estimate of drug-likeness (QED) is 0.287. The fourth-order valence-electron chi connectivity index (χ4n) is 2.76. The molecule has 2 atom stereocenters. The minimum atomic E-state index is -4.17. The smallest absolute Gasteiger partial charge is 0.438 e. The van der Waals surface area contributed by atoms with Gasteiger partial charge in [0.05, 0.1) is 12.0 Å². The first-order valence-electron chi connectivity index (χ1n) is 8.10. The van der Waals surface area contributed by atoms with Gasteiger partial charge in [-0.1, -0.05) is 24.3 Å². The van der Waals surface area contributed by atoms with Gasteiger partial charge in [-0.05, 0) is 18.6 Å². The van der Waals surface area contributed by atoms with Crippen LogP contribution in [0.2, 0.25) is 0 Å². The molecule has 1 aromatic carbocycles. The molecule has 1 aliphatic rings. The van der Waals surface area contributed by atoms with Gasteiger partial charge in [0.2, 0.25) is 10.0 Å². The van der Waals surface area contributed by atoms with Gasteiger partial charge in [0.1, 0.15) is 6.10 Å². The maximum atomic E-state index is 13.2. The lowest BCUT2D eigenvalue weighted by Gasteiger charge is -2.27. The largest absolute Gasteiger partial charge is 0.508 e. The number of benzene rings is 1. The van der Waals surface area contributed by atoms with Gasteiger partial charge in [0, 0.05) is 25.1 Å². The van der Waals surface area contributed by atoms with Gasteiger partial charge in [-0.15, -0.1) is 6.58 Å². The zero-order chi connectivity index (χ0) is 20.0. The predicted molar refractivity (Wildman–Crippen MR) is 96.6 cm³/mol. The van der Waals surface area contributed by atoms with Crippen molar-refractivity contribution in [2.24, 2.45) is 0 Å². The molecule has 0 saturated carbocycles. The van der Waals surface area contributed by atoms with E-state index in [1.54, 1.807) is 18.2 Å². The van der Waals surface area contributed by atoms with Crippen molar-refractivity contribution in [1.82, 2.24) is 4.31 Å². The van der Waals surface area contributed by atoms with Gasteiger partial charge >= 0.3 is 6.16 Å². The Balaban J connectivity index is 2.34. The summed E-state index contributed by atoms with van der Waals surface area (Å²) in [6.45, 7) is 3.67. The van der Waals surface area contributed by atoms with Gasteiger partial charge < -0.3 is 9.47 Å². The SMILES string of the molecule is C=CCCN([C@@H]1C=C[C@H](OC(=O)OC)C1)S(=O)(=O)c1ccccc1[N+](=O)[O-]. The van der Waals surface area contributed by atoms with Crippen LogP contribution < -0.4 is 0 Å². The summed E-state index contributed by atoms with van der Waals surface area (Å²) in [5.41, 5.74) is -0.495. The maximum absolute atomic E-state index is 13.2. The second-order valence-corrected chi connectivity index (χ2v) is 7.58. The normalized spacial score (nSPS) is 19.0. The van der Waals surface area contributed by atoms with E-state index in [0.29, 0.717) is 6.42 Å². The topological polar surface area (TPSA) is 116 Å². The van der Waals surface area contributed by atoms with E-state index < -0.39 is 38.9 Å². The Bertz CT molecular complexity index is 851. The van der Waals surface area contributed by atoms with Crippen LogP contribution in [0.3, 0.4) is 0 Å². The number of nitro benzene ring substituents is 1. The van der Waals surface area contributed by atoms with E-state index >= 15 is 0 Å². The van der Waals surface area contributed by atoms with Crippen molar-refractivity contribution in [3.63, 3.8) is 0 Å². The number of carbonyl (C=O) groups excluding carboxylic acids is 1. The molecule has 1 aliphatic carbocycles. The fraction of sp³-hybridized carbons (Fsp3) is 0.353. The molecule has 0 heterocycles. The third kappa shape index (κ3) is 4.72. The van der Waals surface area contributed by atoms with E-state index in [1.807, 2.05) is 0 Å². The summed E-state index contributed by atoms with van der Waals surface area (Å²) in [7, 11) is -2.99. The molecule has 0 aliphatic heterocycles. The highest BCUT2D eigenvalue weighted by atomic mass is 32.2. The molecule has 0 spiro atoms. The van der Waals surface area contributed by atoms with Crippen molar-refractivity contribution in [3.8, 4) is 0 Å². The lowest BCUT2D eigenvalue weighted by molar-refractivity contribution is -0.387. The van der Waals surface area contributed by atoms with Crippen LogP contribution in [-0.2, 0) is 19.5 Å². The van der Waals surface area contributed by atoms with Crippen LogP contribution in [0.15, 0.2) is 54.0 Å². The van der Waals surface area contributed by atoms with Crippen molar-refractivity contribution in [2.45, 2.75) is 29.9 Å². The van der Waals surface area contributed by atoms with Crippen LogP contribution in [0, 0.1) is 10.1 Å². The van der Waals surface area contributed by atoms with Crippen molar-refractivity contribution in [3.05, 3.63) is 59.2 Å². The van der Waals surface area contributed by atoms with Gasteiger partial charge in [0.25, 0.3) is 5.69 Å². The monoisotopic (exact) mass is 396 g/mol. The lowest BCUT2D eigenvalue weighted by atomic mass is 10.2. The standard InChI is InChI=1S/C17H20N2O7S/c1-3-4-11-18(13-9-10-14(12-13)26-17(20)25-2)27(23,24)16-8-6-5-7-15(16)19(21)22/h3,5-10,13-14H,1,4,11-12H2,2H3/t13-,14+/m1/s1. The van der Waals surface area contributed by atoms with E-state index in [4.69, 9.17) is 4.74 Å². The van der Waals surface area contributed by atoms with E-state index in [0.717, 1.165) is 10.4 Å². The number of methoxy groups -OCH3 is 1. The number of carbonyl (C=O) groups is 1. The van der Waals surface area contributed by atoms with E-state index in [1.165, 1.54) is 25.3 Å².